The highest BCUT2D eigenvalue weighted by Crippen LogP contribution is 2.50. The van der Waals surface area contributed by atoms with Crippen LogP contribution in [0.3, 0.4) is 0 Å². The van der Waals surface area contributed by atoms with Crippen LogP contribution in [0.25, 0.3) is 11.1 Å². The average molecular weight is 424 g/mol. The highest BCUT2D eigenvalue weighted by molar-refractivity contribution is 5.75. The summed E-state index contributed by atoms with van der Waals surface area (Å²) in [7, 11) is 3.00. The van der Waals surface area contributed by atoms with Crippen molar-refractivity contribution in [1.29, 1.82) is 0 Å². The number of pyridine rings is 1. The first-order valence-electron chi connectivity index (χ1n) is 10.9. The fourth-order valence-corrected chi connectivity index (χ4v) is 5.49. The molecule has 7 heteroatoms. The molecule has 2 aromatic rings. The number of hydrogen-bond donors (Lipinski definition) is 1. The molecule has 3 aliphatic rings. The van der Waals surface area contributed by atoms with Crippen LogP contribution < -0.4 is 10.3 Å². The summed E-state index contributed by atoms with van der Waals surface area (Å²) in [5, 5.41) is 10.2. The highest BCUT2D eigenvalue weighted by Gasteiger charge is 2.56. The first-order valence-corrected chi connectivity index (χ1v) is 10.9. The molecular weight excluding hydrogens is 396 g/mol. The van der Waals surface area contributed by atoms with E-state index in [1.807, 2.05) is 36.4 Å². The molecule has 0 amide bonds. The van der Waals surface area contributed by atoms with E-state index in [-0.39, 0.29) is 36.1 Å². The van der Waals surface area contributed by atoms with E-state index < -0.39 is 5.92 Å². The summed E-state index contributed by atoms with van der Waals surface area (Å²) in [4.78, 5) is 28.7. The summed E-state index contributed by atoms with van der Waals surface area (Å²) < 4.78 is 12.3. The maximum Gasteiger partial charge on any atom is 0.311 e. The molecule has 1 saturated carbocycles. The molecule has 1 aliphatic carbocycles. The monoisotopic (exact) mass is 424 g/mol. The van der Waals surface area contributed by atoms with Crippen LogP contribution in [0, 0.1) is 17.8 Å². The summed E-state index contributed by atoms with van der Waals surface area (Å²) in [6.07, 6.45) is 2.40. The number of carbonyl (C=O) groups is 1. The minimum absolute atomic E-state index is 0.0644. The van der Waals surface area contributed by atoms with Crippen LogP contribution in [-0.4, -0.2) is 54.0 Å². The molecule has 0 spiro atoms. The van der Waals surface area contributed by atoms with Gasteiger partial charge in [-0.2, -0.15) is 0 Å². The number of aliphatic hydroxyl groups is 1. The van der Waals surface area contributed by atoms with Crippen molar-refractivity contribution in [3.63, 3.8) is 0 Å². The van der Waals surface area contributed by atoms with Gasteiger partial charge in [-0.25, -0.2) is 0 Å². The Morgan fingerprint density at radius 2 is 2.00 bits per heavy atom. The van der Waals surface area contributed by atoms with E-state index in [9.17, 15) is 14.7 Å². The Kier molecular flexibility index (Phi) is 5.10. The van der Waals surface area contributed by atoms with E-state index in [4.69, 9.17) is 9.47 Å². The van der Waals surface area contributed by atoms with E-state index in [0.29, 0.717) is 23.8 Å². The average Bonchev–Trinajstić information content (AvgIpc) is 3.58. The van der Waals surface area contributed by atoms with Crippen LogP contribution in [0.2, 0.25) is 0 Å². The molecule has 1 aromatic heterocycles. The summed E-state index contributed by atoms with van der Waals surface area (Å²) in [5.74, 6) is 0.284. The third kappa shape index (κ3) is 3.27. The Morgan fingerprint density at radius 3 is 2.68 bits per heavy atom. The van der Waals surface area contributed by atoms with Crippen molar-refractivity contribution >= 4 is 5.97 Å². The van der Waals surface area contributed by atoms with E-state index >= 15 is 0 Å². The lowest BCUT2D eigenvalue weighted by Gasteiger charge is -2.38. The lowest BCUT2D eigenvalue weighted by atomic mass is 9.87. The minimum Gasteiger partial charge on any atom is -0.497 e. The van der Waals surface area contributed by atoms with Gasteiger partial charge in [-0.3, -0.25) is 14.5 Å². The van der Waals surface area contributed by atoms with E-state index in [2.05, 4.69) is 4.90 Å². The van der Waals surface area contributed by atoms with Crippen LogP contribution in [0.5, 0.6) is 5.75 Å². The summed E-state index contributed by atoms with van der Waals surface area (Å²) in [5.41, 5.74) is 2.16. The molecule has 3 heterocycles. The number of fused-ring (bicyclic) bond motifs is 4. The third-order valence-electron chi connectivity index (χ3n) is 7.19. The number of esters is 1. The zero-order valence-corrected chi connectivity index (χ0v) is 17.9. The molecule has 164 valence electrons. The first kappa shape index (κ1) is 20.3. The number of aliphatic hydroxyl groups excluding tert-OH is 1. The number of rotatable bonds is 6. The van der Waals surface area contributed by atoms with Gasteiger partial charge in [0.15, 0.2) is 0 Å². The second-order valence-electron chi connectivity index (χ2n) is 8.87. The lowest BCUT2D eigenvalue weighted by molar-refractivity contribution is -0.148. The van der Waals surface area contributed by atoms with Gasteiger partial charge in [-0.15, -0.1) is 0 Å². The fraction of sp³-hybridized carbons (Fsp3) is 0.500. The van der Waals surface area contributed by atoms with Gasteiger partial charge in [-0.1, -0.05) is 12.1 Å². The number of aromatic nitrogens is 1. The van der Waals surface area contributed by atoms with Crippen LogP contribution in [0.1, 0.15) is 24.6 Å². The lowest BCUT2D eigenvalue weighted by Crippen LogP contribution is -2.47. The zero-order chi connectivity index (χ0) is 21.7. The molecule has 7 nitrogen and oxygen atoms in total. The Labute approximate surface area is 181 Å². The van der Waals surface area contributed by atoms with Gasteiger partial charge in [0.05, 0.1) is 26.2 Å². The number of benzene rings is 1. The second-order valence-corrected chi connectivity index (χ2v) is 8.87. The van der Waals surface area contributed by atoms with Crippen molar-refractivity contribution in [2.45, 2.75) is 31.5 Å². The van der Waals surface area contributed by atoms with E-state index in [1.165, 1.54) is 20.0 Å². The summed E-state index contributed by atoms with van der Waals surface area (Å²) in [6, 6.07) is 11.0. The summed E-state index contributed by atoms with van der Waals surface area (Å²) >= 11 is 0. The molecular formula is C24H28N2O5. The largest absolute Gasteiger partial charge is 0.497 e. The minimum atomic E-state index is -0.477. The molecule has 2 fully saturated rings. The van der Waals surface area contributed by atoms with Gasteiger partial charge < -0.3 is 19.1 Å². The molecule has 0 radical (unpaired) electrons. The van der Waals surface area contributed by atoms with Crippen molar-refractivity contribution in [1.82, 2.24) is 9.47 Å². The molecule has 2 aliphatic heterocycles. The van der Waals surface area contributed by atoms with Crippen molar-refractivity contribution in [3.05, 3.63) is 52.4 Å². The van der Waals surface area contributed by atoms with Gasteiger partial charge in [0.25, 0.3) is 5.56 Å². The Morgan fingerprint density at radius 1 is 1.19 bits per heavy atom. The molecule has 31 heavy (non-hydrogen) atoms. The second kappa shape index (κ2) is 7.80. The van der Waals surface area contributed by atoms with Crippen LogP contribution >= 0.6 is 0 Å². The predicted octanol–water partition coefficient (Wildman–Crippen LogP) is 2.07. The van der Waals surface area contributed by atoms with Crippen molar-refractivity contribution in [2.24, 2.45) is 17.8 Å². The molecule has 0 unspecified atom stereocenters. The maximum absolute atomic E-state index is 13.5. The van der Waals surface area contributed by atoms with Gasteiger partial charge >= 0.3 is 5.97 Å². The normalized spacial score (nSPS) is 27.1. The van der Waals surface area contributed by atoms with Crippen molar-refractivity contribution < 1.29 is 19.4 Å². The summed E-state index contributed by atoms with van der Waals surface area (Å²) in [6.45, 7) is 1.26. The highest BCUT2D eigenvalue weighted by atomic mass is 16.5. The Bertz CT molecular complexity index is 1060. The smallest absolute Gasteiger partial charge is 0.311 e. The molecule has 2 bridgehead atoms. The number of ether oxygens (including phenoxy) is 2. The topological polar surface area (TPSA) is 81.0 Å². The van der Waals surface area contributed by atoms with Crippen LogP contribution in [0.15, 0.2) is 41.2 Å². The van der Waals surface area contributed by atoms with E-state index in [1.54, 1.807) is 11.7 Å². The number of carbonyl (C=O) groups excluding carboxylic acids is 1. The fourth-order valence-electron chi connectivity index (χ4n) is 5.49. The van der Waals surface area contributed by atoms with Gasteiger partial charge in [0.1, 0.15) is 5.75 Å². The van der Waals surface area contributed by atoms with Crippen molar-refractivity contribution in [2.75, 3.05) is 27.4 Å². The standard InChI is InChI=1S/C24H28N2O5/c1-30-16-5-3-4-15(10-16)17-8-9-19-22-21(24(29)31-2)18(13-27)20(12-26(19)23(17)28)25(22)11-14-6-7-14/h3-5,8-10,14,18,20-22,27H,6-7,11-13H2,1-2H3/t18-,20-,21+,22+/m1/s1. The molecule has 1 N–H and O–H groups in total. The molecule has 1 saturated heterocycles. The molecule has 1 aromatic carbocycles. The Hall–Kier alpha value is -2.64. The van der Waals surface area contributed by atoms with Gasteiger partial charge in [0.2, 0.25) is 0 Å². The molecule has 4 atom stereocenters. The predicted molar refractivity (Wildman–Crippen MR) is 115 cm³/mol. The SMILES string of the molecule is COC(=O)[C@H]1[C@H](CO)[C@H]2Cn3c(ccc(-c4cccc(OC)c4)c3=O)[C@@H]1N2CC1CC1. The number of nitrogens with zero attached hydrogens (tertiary/aromatic N) is 2. The first-order chi connectivity index (χ1) is 15.1. The number of methoxy groups -OCH3 is 2. The quantitative estimate of drug-likeness (QED) is 0.715. The van der Waals surface area contributed by atoms with Crippen molar-refractivity contribution in [3.8, 4) is 16.9 Å². The van der Waals surface area contributed by atoms with E-state index in [0.717, 1.165) is 17.8 Å². The molecule has 5 rings (SSSR count). The zero-order valence-electron chi connectivity index (χ0n) is 17.9. The number of hydrogen-bond acceptors (Lipinski definition) is 6. The van der Waals surface area contributed by atoms with Crippen LogP contribution in [-0.2, 0) is 16.1 Å². The Balaban J connectivity index is 1.62. The van der Waals surface area contributed by atoms with Crippen LogP contribution in [0.4, 0.5) is 0 Å². The maximum atomic E-state index is 13.5. The van der Waals surface area contributed by atoms with Gasteiger partial charge in [0, 0.05) is 42.9 Å². The third-order valence-corrected chi connectivity index (χ3v) is 7.19. The van der Waals surface area contributed by atoms with Gasteiger partial charge in [-0.05, 0) is 48.6 Å².